The lowest BCUT2D eigenvalue weighted by atomic mass is 9.99. The van der Waals surface area contributed by atoms with E-state index in [4.69, 9.17) is 16.7 Å². The van der Waals surface area contributed by atoms with Crippen LogP contribution in [0.2, 0.25) is 5.02 Å². The van der Waals surface area contributed by atoms with Crippen LogP contribution in [0.4, 0.5) is 10.1 Å². The number of rotatable bonds is 3. The number of hydrogen-bond donors (Lipinski definition) is 2. The molecule has 0 bridgehead atoms. The van der Waals surface area contributed by atoms with Gasteiger partial charge in [0, 0.05) is 24.9 Å². The van der Waals surface area contributed by atoms with E-state index in [1.54, 1.807) is 0 Å². The molecule has 1 aromatic rings. The number of nitrogens with zero attached hydrogens (tertiary/aromatic N) is 1. The van der Waals surface area contributed by atoms with Gasteiger partial charge in [-0.1, -0.05) is 11.6 Å². The first-order valence-corrected chi connectivity index (χ1v) is 7.58. The van der Waals surface area contributed by atoms with E-state index in [0.29, 0.717) is 13.0 Å². The monoisotopic (exact) mass is 328 g/mol. The van der Waals surface area contributed by atoms with Crippen LogP contribution in [-0.4, -0.2) is 41.0 Å². The lowest BCUT2D eigenvalue weighted by molar-refractivity contribution is -0.146. The predicted octanol–water partition coefficient (Wildman–Crippen LogP) is 2.18. The van der Waals surface area contributed by atoms with Crippen molar-refractivity contribution in [1.82, 2.24) is 4.90 Å². The number of anilines is 1. The SMILES string of the molecule is O=C(Nc1ccc(F)c(Cl)c1)C(=O)N1CCCCC1CCO. The Labute approximate surface area is 133 Å². The Bertz CT molecular complexity index is 566. The van der Waals surface area contributed by atoms with Gasteiger partial charge in [-0.05, 0) is 43.9 Å². The van der Waals surface area contributed by atoms with Gasteiger partial charge in [0.05, 0.1) is 5.02 Å². The molecule has 0 spiro atoms. The highest BCUT2D eigenvalue weighted by molar-refractivity contribution is 6.39. The minimum absolute atomic E-state index is 0.0242. The molecule has 1 aliphatic heterocycles. The Balaban J connectivity index is 2.04. The van der Waals surface area contributed by atoms with Gasteiger partial charge in [0.1, 0.15) is 5.82 Å². The maximum Gasteiger partial charge on any atom is 0.313 e. The van der Waals surface area contributed by atoms with Crippen molar-refractivity contribution < 1.29 is 19.1 Å². The number of likely N-dealkylation sites (tertiary alicyclic amines) is 1. The number of hydrogen-bond acceptors (Lipinski definition) is 3. The van der Waals surface area contributed by atoms with E-state index in [2.05, 4.69) is 5.32 Å². The zero-order chi connectivity index (χ0) is 16.1. The van der Waals surface area contributed by atoms with Crippen molar-refractivity contribution in [2.75, 3.05) is 18.5 Å². The quantitative estimate of drug-likeness (QED) is 0.836. The van der Waals surface area contributed by atoms with Gasteiger partial charge >= 0.3 is 11.8 Å². The third kappa shape index (κ3) is 3.96. The Morgan fingerprint density at radius 1 is 1.41 bits per heavy atom. The standard InChI is InChI=1S/C15H18ClFN2O3/c16-12-9-10(4-5-13(12)17)18-14(21)15(22)19-7-2-1-3-11(19)6-8-20/h4-5,9,11,20H,1-3,6-8H2,(H,18,21). The van der Waals surface area contributed by atoms with E-state index in [1.165, 1.54) is 17.0 Å². The van der Waals surface area contributed by atoms with E-state index in [0.717, 1.165) is 25.3 Å². The molecular weight excluding hydrogens is 311 g/mol. The van der Waals surface area contributed by atoms with Crippen LogP contribution in [0.15, 0.2) is 18.2 Å². The van der Waals surface area contributed by atoms with E-state index < -0.39 is 17.6 Å². The molecule has 0 aliphatic carbocycles. The summed E-state index contributed by atoms with van der Waals surface area (Å²) in [6, 6.07) is 3.60. The van der Waals surface area contributed by atoms with Crippen LogP contribution in [0.3, 0.4) is 0 Å². The zero-order valence-corrected chi connectivity index (χ0v) is 12.8. The van der Waals surface area contributed by atoms with Crippen molar-refractivity contribution in [2.24, 2.45) is 0 Å². The average Bonchev–Trinajstić information content (AvgIpc) is 2.51. The summed E-state index contributed by atoms with van der Waals surface area (Å²) in [6.07, 6.45) is 3.05. The van der Waals surface area contributed by atoms with E-state index in [1.807, 2.05) is 0 Å². The molecule has 2 N–H and O–H groups in total. The number of halogens is 2. The van der Waals surface area contributed by atoms with E-state index in [9.17, 15) is 14.0 Å². The molecule has 1 atom stereocenters. The summed E-state index contributed by atoms with van der Waals surface area (Å²) in [6.45, 7) is 0.477. The summed E-state index contributed by atoms with van der Waals surface area (Å²) >= 11 is 5.64. The van der Waals surface area contributed by atoms with E-state index in [-0.39, 0.29) is 23.4 Å². The van der Waals surface area contributed by atoms with Crippen molar-refractivity contribution >= 4 is 29.1 Å². The van der Waals surface area contributed by atoms with Crippen molar-refractivity contribution in [3.63, 3.8) is 0 Å². The third-order valence-corrected chi connectivity index (χ3v) is 4.01. The van der Waals surface area contributed by atoms with Gasteiger partial charge in [0.2, 0.25) is 0 Å². The fourth-order valence-electron chi connectivity index (χ4n) is 2.61. The fourth-order valence-corrected chi connectivity index (χ4v) is 2.79. The van der Waals surface area contributed by atoms with Gasteiger partial charge < -0.3 is 15.3 Å². The molecule has 7 heteroatoms. The maximum atomic E-state index is 13.1. The Kier molecular flexibility index (Phi) is 5.74. The first-order valence-electron chi connectivity index (χ1n) is 7.21. The molecule has 2 amide bonds. The smallest absolute Gasteiger partial charge is 0.313 e. The minimum atomic E-state index is -0.785. The van der Waals surface area contributed by atoms with Gasteiger partial charge in [-0.25, -0.2) is 4.39 Å². The fraction of sp³-hybridized carbons (Fsp3) is 0.467. The molecule has 1 aromatic carbocycles. The van der Waals surface area contributed by atoms with Crippen LogP contribution in [0.5, 0.6) is 0 Å². The number of benzene rings is 1. The highest BCUT2D eigenvalue weighted by Crippen LogP contribution is 2.21. The first kappa shape index (κ1) is 16.7. The highest BCUT2D eigenvalue weighted by Gasteiger charge is 2.30. The van der Waals surface area contributed by atoms with Crippen molar-refractivity contribution in [2.45, 2.75) is 31.7 Å². The van der Waals surface area contributed by atoms with Crippen LogP contribution in [0.25, 0.3) is 0 Å². The van der Waals surface area contributed by atoms with Gasteiger partial charge in [-0.2, -0.15) is 0 Å². The van der Waals surface area contributed by atoms with Crippen LogP contribution >= 0.6 is 11.6 Å². The van der Waals surface area contributed by atoms with Crippen LogP contribution in [-0.2, 0) is 9.59 Å². The average molecular weight is 329 g/mol. The summed E-state index contributed by atoms with van der Waals surface area (Å²) in [5, 5.41) is 11.4. The maximum absolute atomic E-state index is 13.1. The minimum Gasteiger partial charge on any atom is -0.396 e. The lowest BCUT2D eigenvalue weighted by Gasteiger charge is -2.35. The first-order chi connectivity index (χ1) is 10.5. The Morgan fingerprint density at radius 2 is 2.18 bits per heavy atom. The second kappa shape index (κ2) is 7.56. The van der Waals surface area contributed by atoms with Crippen LogP contribution in [0.1, 0.15) is 25.7 Å². The number of aliphatic hydroxyl groups is 1. The molecule has 1 saturated heterocycles. The second-order valence-corrected chi connectivity index (χ2v) is 5.65. The number of carbonyl (C=O) groups is 2. The largest absolute Gasteiger partial charge is 0.396 e. The summed E-state index contributed by atoms with van der Waals surface area (Å²) in [5.74, 6) is -2.02. The lowest BCUT2D eigenvalue weighted by Crippen LogP contribution is -2.48. The molecule has 120 valence electrons. The van der Waals surface area contributed by atoms with Gasteiger partial charge in [-0.15, -0.1) is 0 Å². The molecule has 1 unspecified atom stereocenters. The predicted molar refractivity (Wildman–Crippen MR) is 81.1 cm³/mol. The van der Waals surface area contributed by atoms with Crippen LogP contribution < -0.4 is 5.32 Å². The topological polar surface area (TPSA) is 69.6 Å². The highest BCUT2D eigenvalue weighted by atomic mass is 35.5. The number of piperidine rings is 1. The number of aliphatic hydroxyl groups excluding tert-OH is 1. The molecule has 0 radical (unpaired) electrons. The van der Waals surface area contributed by atoms with Crippen molar-refractivity contribution in [3.05, 3.63) is 29.0 Å². The number of carbonyl (C=O) groups excluding carboxylic acids is 2. The molecule has 2 rings (SSSR count). The van der Waals surface area contributed by atoms with Crippen LogP contribution in [0, 0.1) is 5.82 Å². The van der Waals surface area contributed by atoms with E-state index >= 15 is 0 Å². The molecule has 5 nitrogen and oxygen atoms in total. The summed E-state index contributed by atoms with van der Waals surface area (Å²) in [4.78, 5) is 25.8. The summed E-state index contributed by atoms with van der Waals surface area (Å²) < 4.78 is 13.1. The van der Waals surface area contributed by atoms with Gasteiger partial charge in [0.15, 0.2) is 0 Å². The molecule has 22 heavy (non-hydrogen) atoms. The summed E-state index contributed by atoms with van der Waals surface area (Å²) in [7, 11) is 0. The van der Waals surface area contributed by atoms with Crippen molar-refractivity contribution in [3.8, 4) is 0 Å². The summed E-state index contributed by atoms with van der Waals surface area (Å²) in [5.41, 5.74) is 0.264. The Morgan fingerprint density at radius 3 is 2.86 bits per heavy atom. The molecule has 0 saturated carbocycles. The Hall–Kier alpha value is -1.66. The second-order valence-electron chi connectivity index (χ2n) is 5.24. The number of nitrogens with one attached hydrogen (secondary N) is 1. The molecule has 0 aromatic heterocycles. The van der Waals surface area contributed by atoms with Gasteiger partial charge in [-0.3, -0.25) is 9.59 Å². The molecule has 1 aliphatic rings. The molecule has 1 fully saturated rings. The normalized spacial score (nSPS) is 18.1. The molecular formula is C15H18ClFN2O3. The number of amides is 2. The van der Waals surface area contributed by atoms with Crippen molar-refractivity contribution in [1.29, 1.82) is 0 Å². The van der Waals surface area contributed by atoms with Gasteiger partial charge in [0.25, 0.3) is 0 Å². The zero-order valence-electron chi connectivity index (χ0n) is 12.0. The third-order valence-electron chi connectivity index (χ3n) is 3.72. The molecule has 1 heterocycles.